The van der Waals surface area contributed by atoms with Crippen molar-refractivity contribution in [2.24, 2.45) is 5.92 Å². The fourth-order valence-electron chi connectivity index (χ4n) is 2.14. The number of hydrogen-bond acceptors (Lipinski definition) is 2. The molecular formula is C13H30O2SSn. The fraction of sp³-hybridized carbons (Fsp3) is 0.923. The van der Waals surface area contributed by atoms with Crippen LogP contribution in [-0.4, -0.2) is 39.7 Å². The van der Waals surface area contributed by atoms with Crippen LogP contribution in [0.2, 0.25) is 0 Å². The molecule has 0 spiro atoms. The zero-order valence-corrected chi connectivity index (χ0v) is 11.7. The summed E-state index contributed by atoms with van der Waals surface area (Å²) in [5, 5.41) is 9.28. The zero-order chi connectivity index (χ0) is 12.6. The first kappa shape index (κ1) is 19.9. The molecule has 0 bridgehead atoms. The van der Waals surface area contributed by atoms with E-state index in [1.54, 1.807) is 0 Å². The number of rotatable bonds is 9. The van der Waals surface area contributed by atoms with E-state index in [-0.39, 0.29) is 34.6 Å². The summed E-state index contributed by atoms with van der Waals surface area (Å²) in [6.45, 7) is 6.21. The third-order valence-electron chi connectivity index (χ3n) is 3.52. The first-order chi connectivity index (χ1) is 7.51. The average Bonchev–Trinajstić information content (AvgIpc) is 2.27. The van der Waals surface area contributed by atoms with Gasteiger partial charge in [-0.05, 0) is 19.3 Å². The van der Waals surface area contributed by atoms with E-state index in [0.29, 0.717) is 0 Å². The number of thiol groups is 1. The zero-order valence-electron chi connectivity index (χ0n) is 10.8. The van der Waals surface area contributed by atoms with Gasteiger partial charge in [0, 0.05) is 4.75 Å². The molecule has 0 aromatic rings. The Morgan fingerprint density at radius 2 is 1.71 bits per heavy atom. The fourth-order valence-corrected chi connectivity index (χ4v) is 2.38. The van der Waals surface area contributed by atoms with Crippen LogP contribution in [0.4, 0.5) is 0 Å². The number of carboxylic acids is 1. The third kappa shape index (κ3) is 6.94. The minimum absolute atomic E-state index is 0. The molecule has 1 atom stereocenters. The molecule has 0 heterocycles. The molecule has 0 aromatic carbocycles. The van der Waals surface area contributed by atoms with Gasteiger partial charge in [0.05, 0.1) is 5.92 Å². The van der Waals surface area contributed by atoms with Gasteiger partial charge >= 0.3 is 29.9 Å². The van der Waals surface area contributed by atoms with E-state index in [2.05, 4.69) is 19.6 Å². The van der Waals surface area contributed by atoms with E-state index in [4.69, 9.17) is 0 Å². The van der Waals surface area contributed by atoms with Crippen molar-refractivity contribution in [3.05, 3.63) is 0 Å². The van der Waals surface area contributed by atoms with E-state index < -0.39 is 5.97 Å². The molecule has 0 aliphatic carbocycles. The first-order valence-electron chi connectivity index (χ1n) is 6.47. The molecule has 0 saturated carbocycles. The van der Waals surface area contributed by atoms with Gasteiger partial charge in [-0.25, -0.2) is 0 Å². The van der Waals surface area contributed by atoms with Gasteiger partial charge in [-0.2, -0.15) is 12.6 Å². The molecule has 0 amide bonds. The van der Waals surface area contributed by atoms with Gasteiger partial charge in [0.25, 0.3) is 0 Å². The Kier molecular flexibility index (Phi) is 12.4. The number of unbranched alkanes of at least 4 members (excludes halogenated alkanes) is 3. The van der Waals surface area contributed by atoms with Crippen molar-refractivity contribution < 1.29 is 9.90 Å². The summed E-state index contributed by atoms with van der Waals surface area (Å²) in [6, 6.07) is 0. The average molecular weight is 369 g/mol. The Bertz CT molecular complexity index is 206. The van der Waals surface area contributed by atoms with Gasteiger partial charge in [0.2, 0.25) is 0 Å². The van der Waals surface area contributed by atoms with Crippen molar-refractivity contribution >= 4 is 42.5 Å². The van der Waals surface area contributed by atoms with Crippen LogP contribution in [0.5, 0.6) is 0 Å². The second kappa shape index (κ2) is 10.5. The van der Waals surface area contributed by atoms with Gasteiger partial charge in [0.15, 0.2) is 0 Å². The van der Waals surface area contributed by atoms with Crippen molar-refractivity contribution in [1.82, 2.24) is 0 Å². The summed E-state index contributed by atoms with van der Waals surface area (Å²) in [7, 11) is 0. The molecule has 0 rings (SSSR count). The Morgan fingerprint density at radius 3 is 2.06 bits per heavy atom. The SMILES string of the molecule is CCCCCCC(C(=O)O)C(S)(CC)CC.[SnH4]. The Balaban J connectivity index is 0. The topological polar surface area (TPSA) is 37.3 Å². The summed E-state index contributed by atoms with van der Waals surface area (Å²) in [5.74, 6) is -0.988. The second-order valence-corrected chi connectivity index (χ2v) is 5.44. The number of carboxylic acid groups (broad SMARTS) is 1. The molecule has 0 aliphatic heterocycles. The van der Waals surface area contributed by atoms with Crippen LogP contribution in [0.15, 0.2) is 0 Å². The molecule has 0 aliphatic rings. The van der Waals surface area contributed by atoms with Gasteiger partial charge in [-0.15, -0.1) is 0 Å². The second-order valence-electron chi connectivity index (χ2n) is 4.55. The molecule has 0 aromatic heterocycles. The number of aliphatic carboxylic acids is 1. The van der Waals surface area contributed by atoms with E-state index in [9.17, 15) is 9.90 Å². The van der Waals surface area contributed by atoms with Crippen LogP contribution >= 0.6 is 12.6 Å². The van der Waals surface area contributed by atoms with Gasteiger partial charge < -0.3 is 5.11 Å². The standard InChI is InChI=1S/C13H26O2S.Sn.4H/c1-4-7-8-9-10-11(12(14)15)13(16,5-2)6-3;;;;;/h11,16H,4-10H2,1-3H3,(H,14,15);;;;;. The van der Waals surface area contributed by atoms with E-state index in [1.165, 1.54) is 12.8 Å². The quantitative estimate of drug-likeness (QED) is 0.373. The molecule has 2 nitrogen and oxygen atoms in total. The predicted molar refractivity (Wildman–Crippen MR) is 83.5 cm³/mol. The van der Waals surface area contributed by atoms with Crippen molar-refractivity contribution in [2.45, 2.75) is 70.5 Å². The van der Waals surface area contributed by atoms with Crippen LogP contribution in [0, 0.1) is 5.92 Å². The summed E-state index contributed by atoms with van der Waals surface area (Å²) < 4.78 is -0.335. The van der Waals surface area contributed by atoms with Crippen LogP contribution < -0.4 is 0 Å². The van der Waals surface area contributed by atoms with Crippen molar-refractivity contribution in [1.29, 1.82) is 0 Å². The van der Waals surface area contributed by atoms with Crippen LogP contribution in [-0.2, 0) is 4.79 Å². The molecule has 1 unspecified atom stereocenters. The van der Waals surface area contributed by atoms with Crippen LogP contribution in [0.3, 0.4) is 0 Å². The molecule has 0 radical (unpaired) electrons. The summed E-state index contributed by atoms with van der Waals surface area (Å²) >= 11 is 4.60. The number of hydrogen-bond donors (Lipinski definition) is 2. The Morgan fingerprint density at radius 1 is 1.18 bits per heavy atom. The van der Waals surface area contributed by atoms with E-state index >= 15 is 0 Å². The minimum atomic E-state index is -0.685. The Labute approximate surface area is 128 Å². The van der Waals surface area contributed by atoms with E-state index in [0.717, 1.165) is 32.1 Å². The number of carbonyl (C=O) groups is 1. The van der Waals surface area contributed by atoms with Gasteiger partial charge in [-0.3, -0.25) is 4.79 Å². The summed E-state index contributed by atoms with van der Waals surface area (Å²) in [5.41, 5.74) is 0. The van der Waals surface area contributed by atoms with Crippen LogP contribution in [0.1, 0.15) is 65.7 Å². The molecule has 0 saturated heterocycles. The first-order valence-corrected chi connectivity index (χ1v) is 6.91. The molecule has 17 heavy (non-hydrogen) atoms. The summed E-state index contributed by atoms with van der Waals surface area (Å²) in [4.78, 5) is 11.3. The van der Waals surface area contributed by atoms with Gasteiger partial charge in [-0.1, -0.05) is 46.5 Å². The normalized spacial score (nSPS) is 12.9. The predicted octanol–water partition coefficient (Wildman–Crippen LogP) is 2.69. The molecular weight excluding hydrogens is 339 g/mol. The molecule has 4 heteroatoms. The maximum absolute atomic E-state index is 11.3. The monoisotopic (exact) mass is 370 g/mol. The van der Waals surface area contributed by atoms with Gasteiger partial charge in [0.1, 0.15) is 0 Å². The van der Waals surface area contributed by atoms with Crippen LogP contribution in [0.25, 0.3) is 0 Å². The molecule has 1 N–H and O–H groups in total. The third-order valence-corrected chi connectivity index (χ3v) is 4.46. The van der Waals surface area contributed by atoms with Crippen molar-refractivity contribution in [3.8, 4) is 0 Å². The Hall–Kier alpha value is 0.619. The van der Waals surface area contributed by atoms with Crippen molar-refractivity contribution in [3.63, 3.8) is 0 Å². The van der Waals surface area contributed by atoms with Crippen molar-refractivity contribution in [2.75, 3.05) is 0 Å². The molecule has 0 fully saturated rings. The van der Waals surface area contributed by atoms with E-state index in [1.807, 2.05) is 13.8 Å². The summed E-state index contributed by atoms with van der Waals surface area (Å²) in [6.07, 6.45) is 6.93. The molecule has 104 valence electrons. The maximum atomic E-state index is 11.3.